The van der Waals surface area contributed by atoms with E-state index in [0.717, 1.165) is 6.08 Å². The van der Waals surface area contributed by atoms with Gasteiger partial charge in [-0.2, -0.15) is 26.3 Å². The van der Waals surface area contributed by atoms with Crippen LogP contribution in [-0.4, -0.2) is 27.9 Å². The molecule has 1 unspecified atom stereocenters. The van der Waals surface area contributed by atoms with Gasteiger partial charge in [-0.05, 0) is 30.7 Å². The smallest absolute Gasteiger partial charge is 0.359 e. The van der Waals surface area contributed by atoms with Gasteiger partial charge in [0.15, 0.2) is 0 Å². The van der Waals surface area contributed by atoms with Crippen LogP contribution in [0.25, 0.3) is 11.0 Å². The SMILES string of the molecule is FC(F)(F)C1=CC2(Nc3cnc4ccccc4n3)C[C@@H]2C(C(F)(F)F)=C1. The lowest BCUT2D eigenvalue weighted by Crippen LogP contribution is -2.31. The van der Waals surface area contributed by atoms with Crippen molar-refractivity contribution >= 4 is 16.9 Å². The van der Waals surface area contributed by atoms with Gasteiger partial charge in [0.2, 0.25) is 0 Å². The maximum Gasteiger partial charge on any atom is 0.416 e. The summed E-state index contributed by atoms with van der Waals surface area (Å²) in [6.45, 7) is 0. The van der Waals surface area contributed by atoms with E-state index in [-0.39, 0.29) is 18.3 Å². The molecular formula is C17H11F6N3. The van der Waals surface area contributed by atoms with Crippen molar-refractivity contribution in [1.82, 2.24) is 9.97 Å². The van der Waals surface area contributed by atoms with E-state index in [1.165, 1.54) is 6.20 Å². The third kappa shape index (κ3) is 2.81. The van der Waals surface area contributed by atoms with Crippen molar-refractivity contribution in [2.24, 2.45) is 5.92 Å². The highest BCUT2D eigenvalue weighted by atomic mass is 19.4. The Kier molecular flexibility index (Phi) is 3.38. The van der Waals surface area contributed by atoms with Gasteiger partial charge < -0.3 is 5.32 Å². The lowest BCUT2D eigenvalue weighted by molar-refractivity contribution is -0.100. The minimum Gasteiger partial charge on any atom is -0.359 e. The molecule has 2 atom stereocenters. The summed E-state index contributed by atoms with van der Waals surface area (Å²) in [5.41, 5.74) is -2.86. The van der Waals surface area contributed by atoms with Crippen molar-refractivity contribution in [1.29, 1.82) is 0 Å². The summed E-state index contributed by atoms with van der Waals surface area (Å²) in [6, 6.07) is 6.83. The van der Waals surface area contributed by atoms with Crippen LogP contribution in [0, 0.1) is 5.92 Å². The molecule has 1 aromatic heterocycles. The zero-order valence-electron chi connectivity index (χ0n) is 13.0. The Morgan fingerprint density at radius 2 is 1.69 bits per heavy atom. The van der Waals surface area contributed by atoms with Crippen molar-refractivity contribution in [3.63, 3.8) is 0 Å². The van der Waals surface area contributed by atoms with Crippen molar-refractivity contribution < 1.29 is 26.3 Å². The minimum atomic E-state index is -4.87. The zero-order chi connectivity index (χ0) is 18.7. The van der Waals surface area contributed by atoms with E-state index in [0.29, 0.717) is 11.0 Å². The van der Waals surface area contributed by atoms with Crippen molar-refractivity contribution in [3.05, 3.63) is 53.8 Å². The number of allylic oxidation sites excluding steroid dienone is 2. The maximum absolute atomic E-state index is 13.2. The second-order valence-corrected chi connectivity index (χ2v) is 6.36. The first-order valence-electron chi connectivity index (χ1n) is 7.67. The second-order valence-electron chi connectivity index (χ2n) is 6.36. The molecule has 2 aliphatic rings. The first-order chi connectivity index (χ1) is 12.1. The van der Waals surface area contributed by atoms with Gasteiger partial charge >= 0.3 is 12.4 Å². The molecule has 0 spiro atoms. The Labute approximate surface area is 143 Å². The third-order valence-corrected chi connectivity index (χ3v) is 4.57. The summed E-state index contributed by atoms with van der Waals surface area (Å²) in [5.74, 6) is -0.950. The molecule has 2 aromatic rings. The van der Waals surface area contributed by atoms with Crippen molar-refractivity contribution in [2.45, 2.75) is 24.3 Å². The molecule has 1 fully saturated rings. The predicted octanol–water partition coefficient (Wildman–Crippen LogP) is 4.79. The number of rotatable bonds is 2. The monoisotopic (exact) mass is 371 g/mol. The molecule has 1 saturated carbocycles. The highest BCUT2D eigenvalue weighted by Gasteiger charge is 2.63. The number of fused-ring (bicyclic) bond motifs is 2. The Hall–Kier alpha value is -2.58. The molecular weight excluding hydrogens is 360 g/mol. The van der Waals surface area contributed by atoms with Gasteiger partial charge in [0, 0.05) is 11.5 Å². The average Bonchev–Trinajstić information content (AvgIpc) is 3.25. The van der Waals surface area contributed by atoms with E-state index in [1.807, 2.05) is 0 Å². The Balaban J connectivity index is 1.72. The molecule has 4 rings (SSSR count). The summed E-state index contributed by atoms with van der Waals surface area (Å²) >= 11 is 0. The standard InChI is InChI=1S/C17H11F6N3/c18-16(19,20)9-5-10(17(21,22)23)11-7-15(11,6-9)26-14-8-24-12-3-1-2-4-13(12)25-14/h1-6,8,11H,7H2,(H,25,26)/t11-,15?/m1/s1. The Morgan fingerprint density at radius 3 is 2.35 bits per heavy atom. The van der Waals surface area contributed by atoms with Crippen LogP contribution in [0.4, 0.5) is 32.2 Å². The van der Waals surface area contributed by atoms with Crippen LogP contribution in [0.3, 0.4) is 0 Å². The van der Waals surface area contributed by atoms with E-state index in [4.69, 9.17) is 0 Å². The normalized spacial score (nSPS) is 25.4. The molecule has 1 N–H and O–H groups in total. The molecule has 0 aliphatic heterocycles. The van der Waals surface area contributed by atoms with Crippen LogP contribution in [0.5, 0.6) is 0 Å². The molecule has 26 heavy (non-hydrogen) atoms. The van der Waals surface area contributed by atoms with E-state index >= 15 is 0 Å². The summed E-state index contributed by atoms with van der Waals surface area (Å²) in [5, 5.41) is 2.74. The number of para-hydroxylation sites is 2. The second kappa shape index (κ2) is 5.21. The zero-order valence-corrected chi connectivity index (χ0v) is 13.0. The van der Waals surface area contributed by atoms with Gasteiger partial charge in [-0.1, -0.05) is 12.1 Å². The molecule has 0 bridgehead atoms. The molecule has 0 amide bonds. The molecule has 1 aromatic carbocycles. The first kappa shape index (κ1) is 16.9. The summed E-state index contributed by atoms with van der Waals surface area (Å²) in [7, 11) is 0. The van der Waals surface area contributed by atoms with Gasteiger partial charge in [-0.3, -0.25) is 4.98 Å². The number of benzene rings is 1. The number of hydrogen-bond acceptors (Lipinski definition) is 3. The maximum atomic E-state index is 13.2. The fourth-order valence-corrected chi connectivity index (χ4v) is 3.29. The average molecular weight is 371 g/mol. The Bertz CT molecular complexity index is 943. The summed E-state index contributed by atoms with van der Waals surface area (Å²) < 4.78 is 78.8. The van der Waals surface area contributed by atoms with Gasteiger partial charge in [0.05, 0.1) is 28.3 Å². The quantitative estimate of drug-likeness (QED) is 0.772. The number of halogens is 6. The largest absolute Gasteiger partial charge is 0.416 e. The van der Waals surface area contributed by atoms with Gasteiger partial charge in [-0.25, -0.2) is 4.98 Å². The molecule has 3 nitrogen and oxygen atoms in total. The molecule has 0 radical (unpaired) electrons. The van der Waals surface area contributed by atoms with Gasteiger partial charge in [0.25, 0.3) is 0 Å². The number of alkyl halides is 6. The van der Waals surface area contributed by atoms with E-state index in [9.17, 15) is 26.3 Å². The summed E-state index contributed by atoms with van der Waals surface area (Å²) in [4.78, 5) is 8.36. The predicted molar refractivity (Wildman–Crippen MR) is 82.3 cm³/mol. The lowest BCUT2D eigenvalue weighted by atomic mass is 9.94. The molecule has 0 saturated heterocycles. The van der Waals surface area contributed by atoms with E-state index in [2.05, 4.69) is 15.3 Å². The molecule has 9 heteroatoms. The lowest BCUT2D eigenvalue weighted by Gasteiger charge is -2.25. The van der Waals surface area contributed by atoms with E-state index < -0.39 is 35.0 Å². The highest BCUT2D eigenvalue weighted by molar-refractivity contribution is 5.75. The first-order valence-corrected chi connectivity index (χ1v) is 7.67. The van der Waals surface area contributed by atoms with Gasteiger partial charge in [-0.15, -0.1) is 0 Å². The van der Waals surface area contributed by atoms with Crippen molar-refractivity contribution in [3.8, 4) is 0 Å². The molecule has 2 aliphatic carbocycles. The van der Waals surface area contributed by atoms with Crippen LogP contribution < -0.4 is 5.32 Å². The Morgan fingerprint density at radius 1 is 1.00 bits per heavy atom. The highest BCUT2D eigenvalue weighted by Crippen LogP contribution is 2.59. The van der Waals surface area contributed by atoms with Crippen LogP contribution in [0.2, 0.25) is 0 Å². The van der Waals surface area contributed by atoms with Crippen molar-refractivity contribution in [2.75, 3.05) is 5.32 Å². The fraction of sp³-hybridized carbons (Fsp3) is 0.294. The van der Waals surface area contributed by atoms with Crippen LogP contribution in [-0.2, 0) is 0 Å². The number of nitrogens with one attached hydrogen (secondary N) is 1. The fourth-order valence-electron chi connectivity index (χ4n) is 3.29. The number of hydrogen-bond donors (Lipinski definition) is 1. The van der Waals surface area contributed by atoms with Crippen LogP contribution in [0.15, 0.2) is 53.8 Å². The number of aromatic nitrogens is 2. The molecule has 1 heterocycles. The van der Waals surface area contributed by atoms with E-state index in [1.54, 1.807) is 24.3 Å². The number of anilines is 1. The molecule has 136 valence electrons. The topological polar surface area (TPSA) is 37.8 Å². The third-order valence-electron chi connectivity index (χ3n) is 4.57. The minimum absolute atomic E-state index is 0.0908. The summed E-state index contributed by atoms with van der Waals surface area (Å²) in [6.07, 6.45) is -7.46. The van der Waals surface area contributed by atoms with Gasteiger partial charge in [0.1, 0.15) is 5.82 Å². The van der Waals surface area contributed by atoms with Crippen LogP contribution >= 0.6 is 0 Å². The van der Waals surface area contributed by atoms with Crippen LogP contribution in [0.1, 0.15) is 6.42 Å². The number of nitrogens with zero attached hydrogens (tertiary/aromatic N) is 2.